The van der Waals surface area contributed by atoms with Gasteiger partial charge in [0.1, 0.15) is 6.61 Å². The van der Waals surface area contributed by atoms with Crippen LogP contribution in [0.15, 0.2) is 0 Å². The maximum atomic E-state index is 11.4. The molecule has 0 radical (unpaired) electrons. The van der Waals surface area contributed by atoms with E-state index in [1.807, 2.05) is 0 Å². The Kier molecular flexibility index (Phi) is 4.67. The van der Waals surface area contributed by atoms with Gasteiger partial charge in [0.05, 0.1) is 5.75 Å². The highest BCUT2D eigenvalue weighted by Gasteiger charge is 2.33. The van der Waals surface area contributed by atoms with E-state index in [-0.39, 0.29) is 0 Å². The molecule has 1 heterocycles. The monoisotopic (exact) mass is 331 g/mol. The minimum atomic E-state index is -5.23. The zero-order valence-corrected chi connectivity index (χ0v) is 11.3. The SMILES string of the molecule is O=C1OCCS(=O)(=O)C(=O)CCC(=O)N(S(=O)(=O)O)O1. The molecular weight excluding hydrogens is 322 g/mol. The van der Waals surface area contributed by atoms with Crippen molar-refractivity contribution >= 4 is 37.3 Å². The van der Waals surface area contributed by atoms with Crippen LogP contribution >= 0.6 is 0 Å². The van der Waals surface area contributed by atoms with Crippen molar-refractivity contribution in [2.45, 2.75) is 12.8 Å². The van der Waals surface area contributed by atoms with Crippen molar-refractivity contribution < 1.29 is 45.3 Å². The third kappa shape index (κ3) is 4.14. The van der Waals surface area contributed by atoms with E-state index in [1.165, 1.54) is 0 Å². The van der Waals surface area contributed by atoms with E-state index in [1.54, 1.807) is 0 Å². The molecule has 0 aromatic carbocycles. The second-order valence-electron chi connectivity index (χ2n) is 3.48. The van der Waals surface area contributed by atoms with E-state index in [4.69, 9.17) is 4.55 Å². The minimum Gasteiger partial charge on any atom is -0.432 e. The Morgan fingerprint density at radius 3 is 2.30 bits per heavy atom. The highest BCUT2D eigenvalue weighted by Crippen LogP contribution is 2.10. The maximum absolute atomic E-state index is 11.4. The van der Waals surface area contributed by atoms with Crippen LogP contribution in [0.1, 0.15) is 12.8 Å². The normalized spacial score (nSPS) is 21.6. The number of rotatable bonds is 1. The molecule has 0 saturated carbocycles. The molecule has 0 aliphatic carbocycles. The number of cyclic esters (lactones) is 1. The Morgan fingerprint density at radius 1 is 1.15 bits per heavy atom. The molecule has 0 atom stereocenters. The molecule has 1 fully saturated rings. The summed E-state index contributed by atoms with van der Waals surface area (Å²) in [6.45, 7) is -0.777. The first-order chi connectivity index (χ1) is 9.04. The molecule has 1 aliphatic rings. The third-order valence-corrected chi connectivity index (χ3v) is 4.33. The Balaban J connectivity index is 3.06. The van der Waals surface area contributed by atoms with E-state index >= 15 is 0 Å². The van der Waals surface area contributed by atoms with Gasteiger partial charge in [0, 0.05) is 12.8 Å². The Hall–Kier alpha value is -1.73. The van der Waals surface area contributed by atoms with E-state index in [0.717, 1.165) is 0 Å². The van der Waals surface area contributed by atoms with Crippen LogP contribution < -0.4 is 0 Å². The molecule has 0 spiro atoms. The van der Waals surface area contributed by atoms with Crippen molar-refractivity contribution in [2.24, 2.45) is 0 Å². The van der Waals surface area contributed by atoms with Gasteiger partial charge < -0.3 is 4.74 Å². The summed E-state index contributed by atoms with van der Waals surface area (Å²) in [6.07, 6.45) is -3.45. The predicted octanol–water partition coefficient (Wildman–Crippen LogP) is -1.58. The van der Waals surface area contributed by atoms with Gasteiger partial charge in [0.2, 0.25) is 15.0 Å². The number of hydrogen-bond acceptors (Lipinski definition) is 9. The quantitative estimate of drug-likeness (QED) is 0.438. The average Bonchev–Trinajstić information content (AvgIpc) is 2.31. The lowest BCUT2D eigenvalue weighted by Gasteiger charge is -2.15. The molecule has 0 aromatic heterocycles. The summed E-state index contributed by atoms with van der Waals surface area (Å²) >= 11 is 0. The largest absolute Gasteiger partial charge is 0.534 e. The lowest BCUT2D eigenvalue weighted by Crippen LogP contribution is -2.38. The van der Waals surface area contributed by atoms with Gasteiger partial charge in [-0.25, -0.2) is 13.2 Å². The summed E-state index contributed by atoms with van der Waals surface area (Å²) in [4.78, 5) is 37.7. The van der Waals surface area contributed by atoms with Gasteiger partial charge in [-0.3, -0.25) is 19.0 Å². The van der Waals surface area contributed by atoms with Crippen LogP contribution in [0.4, 0.5) is 4.79 Å². The lowest BCUT2D eigenvalue weighted by molar-refractivity contribution is -0.152. The summed E-state index contributed by atoms with van der Waals surface area (Å²) in [7, 11) is -9.46. The van der Waals surface area contributed by atoms with Gasteiger partial charge in [-0.05, 0) is 4.47 Å². The number of hydrogen-bond donors (Lipinski definition) is 1. The Morgan fingerprint density at radius 2 is 1.75 bits per heavy atom. The average molecular weight is 331 g/mol. The van der Waals surface area contributed by atoms with Crippen LogP contribution in [0.5, 0.6) is 0 Å². The number of sulfone groups is 1. The molecule has 1 rings (SSSR count). The molecule has 114 valence electrons. The summed E-state index contributed by atoms with van der Waals surface area (Å²) in [5.41, 5.74) is 0. The van der Waals surface area contributed by atoms with E-state index in [9.17, 15) is 31.2 Å². The number of carbonyl (C=O) groups excluding carboxylic acids is 3. The third-order valence-electron chi connectivity index (χ3n) is 2.03. The molecule has 0 bridgehead atoms. The molecule has 0 aromatic rings. The molecule has 0 unspecified atom stereocenters. The zero-order chi connectivity index (χ0) is 15.6. The fourth-order valence-corrected chi connectivity index (χ4v) is 2.57. The van der Waals surface area contributed by atoms with Crippen molar-refractivity contribution in [1.29, 1.82) is 0 Å². The van der Waals surface area contributed by atoms with Gasteiger partial charge in [0.15, 0.2) is 0 Å². The van der Waals surface area contributed by atoms with Crippen molar-refractivity contribution in [2.75, 3.05) is 12.4 Å². The standard InChI is InChI=1S/C7H9NO10S2/c9-5-1-2-6(10)19(12,13)4-3-17-7(11)18-8(5)20(14,15)16/h1-4H2,(H,14,15,16). The first-order valence-corrected chi connectivity index (χ1v) is 8.00. The van der Waals surface area contributed by atoms with Crippen LogP contribution in [0.2, 0.25) is 0 Å². The van der Waals surface area contributed by atoms with Gasteiger partial charge in [-0.2, -0.15) is 8.42 Å². The van der Waals surface area contributed by atoms with Gasteiger partial charge in [-0.1, -0.05) is 0 Å². The molecule has 1 N–H and O–H groups in total. The van der Waals surface area contributed by atoms with Crippen molar-refractivity contribution in [1.82, 2.24) is 4.47 Å². The van der Waals surface area contributed by atoms with Crippen LogP contribution in [-0.4, -0.2) is 55.4 Å². The van der Waals surface area contributed by atoms with Crippen LogP contribution in [-0.2, 0) is 39.3 Å². The van der Waals surface area contributed by atoms with Crippen molar-refractivity contribution in [3.05, 3.63) is 0 Å². The molecule has 1 saturated heterocycles. The van der Waals surface area contributed by atoms with E-state index < -0.39 is 67.0 Å². The predicted molar refractivity (Wildman–Crippen MR) is 58.9 cm³/mol. The van der Waals surface area contributed by atoms with Crippen LogP contribution in [0, 0.1) is 0 Å². The zero-order valence-electron chi connectivity index (χ0n) is 9.71. The second kappa shape index (κ2) is 5.72. The molecule has 11 nitrogen and oxygen atoms in total. The van der Waals surface area contributed by atoms with E-state index in [2.05, 4.69) is 9.57 Å². The summed E-state index contributed by atoms with van der Waals surface area (Å²) < 4.78 is 56.5. The minimum absolute atomic E-state index is 0.680. The topological polar surface area (TPSA) is 161 Å². The first kappa shape index (κ1) is 16.3. The van der Waals surface area contributed by atoms with Gasteiger partial charge in [-0.15, -0.1) is 0 Å². The first-order valence-electron chi connectivity index (χ1n) is 4.95. The van der Waals surface area contributed by atoms with Crippen molar-refractivity contribution in [3.63, 3.8) is 0 Å². The van der Waals surface area contributed by atoms with E-state index in [0.29, 0.717) is 0 Å². The summed E-state index contributed by atoms with van der Waals surface area (Å²) in [6, 6.07) is 0. The molecular formula is C7H9NO10S2. The molecule has 13 heteroatoms. The number of ether oxygens (including phenoxy) is 1. The van der Waals surface area contributed by atoms with Gasteiger partial charge >= 0.3 is 16.5 Å². The fourth-order valence-electron chi connectivity index (χ4n) is 1.13. The van der Waals surface area contributed by atoms with Crippen LogP contribution in [0.3, 0.4) is 0 Å². The summed E-state index contributed by atoms with van der Waals surface area (Å²) in [5, 5.41) is -1.32. The molecule has 20 heavy (non-hydrogen) atoms. The Labute approximate surface area is 113 Å². The fraction of sp³-hybridized carbons (Fsp3) is 0.571. The maximum Gasteiger partial charge on any atom is 0.534 e. The van der Waals surface area contributed by atoms with Crippen LogP contribution in [0.25, 0.3) is 0 Å². The highest BCUT2D eigenvalue weighted by atomic mass is 32.2. The summed E-state index contributed by atoms with van der Waals surface area (Å²) in [5.74, 6) is -2.34. The Bertz CT molecular complexity index is 633. The molecule has 1 aliphatic heterocycles. The second-order valence-corrected chi connectivity index (χ2v) is 6.80. The highest BCUT2D eigenvalue weighted by molar-refractivity contribution is 8.06. The number of carbonyl (C=O) groups is 3. The smallest absolute Gasteiger partial charge is 0.432 e. The lowest BCUT2D eigenvalue weighted by atomic mass is 10.3. The molecule has 1 amide bonds. The van der Waals surface area contributed by atoms with Crippen molar-refractivity contribution in [3.8, 4) is 0 Å². The number of nitrogens with zero attached hydrogens (tertiary/aromatic N) is 1. The van der Waals surface area contributed by atoms with Gasteiger partial charge in [0.25, 0.3) is 5.91 Å². The number of hydroxylamine groups is 1. The number of amides is 1.